The van der Waals surface area contributed by atoms with Crippen LogP contribution in [0.15, 0.2) is 53.9 Å². The minimum atomic E-state index is 0.694. The van der Waals surface area contributed by atoms with Gasteiger partial charge in [0.25, 0.3) is 0 Å². The summed E-state index contributed by atoms with van der Waals surface area (Å²) in [5.41, 5.74) is 3.38. The van der Waals surface area contributed by atoms with Crippen molar-refractivity contribution in [2.24, 2.45) is 0 Å². The first-order valence-electron chi connectivity index (χ1n) is 9.74. The number of ether oxygens (including phenoxy) is 1. The molecule has 0 saturated carbocycles. The maximum absolute atomic E-state index is 6.32. The maximum Gasteiger partial charge on any atom is 0.142 e. The topological polar surface area (TPSA) is 29.8 Å². The molecule has 1 N–H and O–H groups in total. The smallest absolute Gasteiger partial charge is 0.142 e. The Balaban J connectivity index is 1.37. The second kappa shape index (κ2) is 8.95. The van der Waals surface area contributed by atoms with Crippen molar-refractivity contribution in [1.29, 1.82) is 0 Å². The number of hydrogen-bond acceptors (Lipinski definition) is 4. The number of piperazine rings is 1. The number of thiazole rings is 1. The molecule has 1 aliphatic heterocycles. The van der Waals surface area contributed by atoms with Gasteiger partial charge in [0.15, 0.2) is 0 Å². The predicted molar refractivity (Wildman–Crippen MR) is 117 cm³/mol. The van der Waals surface area contributed by atoms with Crippen LogP contribution in [0.5, 0.6) is 5.75 Å². The third-order valence-corrected chi connectivity index (χ3v) is 6.32. The summed E-state index contributed by atoms with van der Waals surface area (Å²) in [5, 5.41) is 3.93. The van der Waals surface area contributed by atoms with Crippen LogP contribution in [0.3, 0.4) is 0 Å². The van der Waals surface area contributed by atoms with E-state index in [1.54, 1.807) is 16.2 Å². The number of halogens is 1. The summed E-state index contributed by atoms with van der Waals surface area (Å²) < 4.78 is 5.80. The van der Waals surface area contributed by atoms with Crippen LogP contribution in [-0.4, -0.2) is 37.8 Å². The molecule has 0 unspecified atom stereocenters. The van der Waals surface area contributed by atoms with Crippen molar-refractivity contribution in [2.45, 2.75) is 13.5 Å². The summed E-state index contributed by atoms with van der Waals surface area (Å²) in [6.07, 6.45) is 0. The van der Waals surface area contributed by atoms with E-state index in [1.165, 1.54) is 5.69 Å². The third-order valence-electron chi connectivity index (χ3n) is 5.06. The number of rotatable bonds is 6. The van der Waals surface area contributed by atoms with Gasteiger partial charge in [-0.05, 0) is 25.1 Å². The van der Waals surface area contributed by atoms with Crippen LogP contribution in [-0.2, 0) is 6.54 Å². The highest BCUT2D eigenvalue weighted by atomic mass is 35.5. The molecule has 3 aromatic rings. The van der Waals surface area contributed by atoms with Crippen molar-refractivity contribution in [1.82, 2.24) is 4.98 Å². The highest BCUT2D eigenvalue weighted by Gasteiger charge is 2.23. The molecule has 0 radical (unpaired) electrons. The third kappa shape index (κ3) is 4.32. The number of benzene rings is 2. The zero-order valence-corrected chi connectivity index (χ0v) is 17.6. The lowest BCUT2D eigenvalue weighted by Gasteiger charge is -2.34. The van der Waals surface area contributed by atoms with E-state index in [0.29, 0.717) is 6.61 Å². The normalized spacial score (nSPS) is 15.0. The highest BCUT2D eigenvalue weighted by molar-refractivity contribution is 7.13. The number of para-hydroxylation sites is 2. The molecule has 2 heterocycles. The first kappa shape index (κ1) is 19.2. The molecular formula is C22H25ClN3OS+. The Morgan fingerprint density at radius 1 is 1.11 bits per heavy atom. The molecule has 1 aromatic heterocycles. The molecule has 1 saturated heterocycles. The van der Waals surface area contributed by atoms with E-state index >= 15 is 0 Å². The fourth-order valence-corrected chi connectivity index (χ4v) is 4.78. The van der Waals surface area contributed by atoms with Gasteiger partial charge in [0.05, 0.1) is 43.5 Å². The van der Waals surface area contributed by atoms with Crippen LogP contribution >= 0.6 is 22.9 Å². The van der Waals surface area contributed by atoms with Gasteiger partial charge in [-0.2, -0.15) is 0 Å². The van der Waals surface area contributed by atoms with Crippen molar-refractivity contribution in [3.05, 3.63) is 64.6 Å². The second-order valence-corrected chi connectivity index (χ2v) is 8.20. The van der Waals surface area contributed by atoms with Gasteiger partial charge in [-0.3, -0.25) is 0 Å². The number of hydrogen-bond donors (Lipinski definition) is 1. The fraction of sp³-hybridized carbons (Fsp3) is 0.318. The molecule has 2 aromatic carbocycles. The van der Waals surface area contributed by atoms with Crippen molar-refractivity contribution in [3.63, 3.8) is 0 Å². The molecule has 4 rings (SSSR count). The van der Waals surface area contributed by atoms with Crippen LogP contribution < -0.4 is 14.5 Å². The molecule has 1 aliphatic rings. The molecule has 0 atom stereocenters. The summed E-state index contributed by atoms with van der Waals surface area (Å²) in [5.74, 6) is 0.984. The molecule has 6 heteroatoms. The first-order chi connectivity index (χ1) is 13.7. The highest BCUT2D eigenvalue weighted by Crippen LogP contribution is 2.30. The Kier molecular flexibility index (Phi) is 6.15. The average Bonchev–Trinajstić information content (AvgIpc) is 3.18. The van der Waals surface area contributed by atoms with Crippen LogP contribution in [0.2, 0.25) is 5.02 Å². The van der Waals surface area contributed by atoms with Gasteiger partial charge in [0.1, 0.15) is 23.0 Å². The van der Waals surface area contributed by atoms with E-state index in [-0.39, 0.29) is 0 Å². The van der Waals surface area contributed by atoms with Crippen molar-refractivity contribution in [3.8, 4) is 16.3 Å². The van der Waals surface area contributed by atoms with Crippen LogP contribution in [0.4, 0.5) is 5.69 Å². The van der Waals surface area contributed by atoms with Gasteiger partial charge in [-0.25, -0.2) is 4.98 Å². The summed E-state index contributed by atoms with van der Waals surface area (Å²) >= 11 is 7.99. The number of nitrogens with zero attached hydrogens (tertiary/aromatic N) is 2. The minimum absolute atomic E-state index is 0.694. The number of aromatic nitrogens is 1. The van der Waals surface area contributed by atoms with E-state index in [2.05, 4.69) is 28.5 Å². The lowest BCUT2D eigenvalue weighted by atomic mass is 10.2. The standard InChI is InChI=1S/C22H24ClN3OS/c1-2-27-21-10-6-5-9-20(21)26-13-11-25(12-14-26)15-17-16-28-22(24-17)18-7-3-4-8-19(18)23/h3-10,16H,2,11-15H2,1H3/p+1. The molecule has 1 fully saturated rings. The summed E-state index contributed by atoms with van der Waals surface area (Å²) in [7, 11) is 0. The minimum Gasteiger partial charge on any atom is -0.492 e. The quantitative estimate of drug-likeness (QED) is 0.665. The fourth-order valence-electron chi connectivity index (χ4n) is 3.64. The van der Waals surface area contributed by atoms with Gasteiger partial charge >= 0.3 is 0 Å². The monoisotopic (exact) mass is 414 g/mol. The van der Waals surface area contributed by atoms with Gasteiger partial charge in [-0.1, -0.05) is 41.9 Å². The van der Waals surface area contributed by atoms with Crippen LogP contribution in [0.1, 0.15) is 12.6 Å². The largest absolute Gasteiger partial charge is 0.492 e. The summed E-state index contributed by atoms with van der Waals surface area (Å²) in [6.45, 7) is 7.94. The molecule has 0 spiro atoms. The maximum atomic E-state index is 6.32. The molecule has 0 aliphatic carbocycles. The molecule has 28 heavy (non-hydrogen) atoms. The Morgan fingerprint density at radius 3 is 2.64 bits per heavy atom. The van der Waals surface area contributed by atoms with Gasteiger partial charge in [0.2, 0.25) is 0 Å². The summed E-state index contributed by atoms with van der Waals surface area (Å²) in [4.78, 5) is 8.84. The Labute approximate surface area is 175 Å². The lowest BCUT2D eigenvalue weighted by molar-refractivity contribution is -0.914. The average molecular weight is 415 g/mol. The Bertz CT molecular complexity index is 921. The van der Waals surface area contributed by atoms with Gasteiger partial charge < -0.3 is 14.5 Å². The van der Waals surface area contributed by atoms with Gasteiger partial charge in [0, 0.05) is 10.9 Å². The number of anilines is 1. The Morgan fingerprint density at radius 2 is 1.86 bits per heavy atom. The lowest BCUT2D eigenvalue weighted by Crippen LogP contribution is -3.13. The zero-order chi connectivity index (χ0) is 19.3. The van der Waals surface area contributed by atoms with Crippen LogP contribution in [0, 0.1) is 0 Å². The number of nitrogens with one attached hydrogen (secondary N) is 1. The molecule has 4 nitrogen and oxygen atoms in total. The second-order valence-electron chi connectivity index (χ2n) is 6.94. The number of quaternary nitrogens is 1. The van der Waals surface area contributed by atoms with Crippen molar-refractivity contribution < 1.29 is 9.64 Å². The van der Waals surface area contributed by atoms with E-state index in [1.807, 2.05) is 37.3 Å². The zero-order valence-electron chi connectivity index (χ0n) is 16.0. The molecular weight excluding hydrogens is 390 g/mol. The van der Waals surface area contributed by atoms with E-state index < -0.39 is 0 Å². The van der Waals surface area contributed by atoms with Crippen molar-refractivity contribution in [2.75, 3.05) is 37.7 Å². The van der Waals surface area contributed by atoms with E-state index in [4.69, 9.17) is 21.3 Å². The first-order valence-corrected chi connectivity index (χ1v) is 11.0. The summed E-state index contributed by atoms with van der Waals surface area (Å²) in [6, 6.07) is 16.3. The van der Waals surface area contributed by atoms with Gasteiger partial charge in [-0.15, -0.1) is 11.3 Å². The van der Waals surface area contributed by atoms with E-state index in [9.17, 15) is 0 Å². The van der Waals surface area contributed by atoms with E-state index in [0.717, 1.165) is 59.8 Å². The van der Waals surface area contributed by atoms with Crippen molar-refractivity contribution >= 4 is 28.6 Å². The molecule has 146 valence electrons. The molecule has 0 amide bonds. The predicted octanol–water partition coefficient (Wildman–Crippen LogP) is 3.77. The van der Waals surface area contributed by atoms with Crippen LogP contribution in [0.25, 0.3) is 10.6 Å². The SMILES string of the molecule is CCOc1ccccc1N1CC[NH+](Cc2csc(-c3ccccc3Cl)n2)CC1. The molecule has 0 bridgehead atoms. The Hall–Kier alpha value is -2.08.